The molecule has 0 spiro atoms. The Morgan fingerprint density at radius 1 is 1.15 bits per heavy atom. The van der Waals surface area contributed by atoms with Crippen LogP contribution in [-0.2, 0) is 12.8 Å². The van der Waals surface area contributed by atoms with Crippen LogP contribution in [0.5, 0.6) is 0 Å². The van der Waals surface area contributed by atoms with E-state index in [1.807, 2.05) is 48.5 Å². The number of thiophene rings is 1. The molecule has 2 heterocycles. The number of pyridine rings is 1. The van der Waals surface area contributed by atoms with E-state index in [-0.39, 0.29) is 5.91 Å². The van der Waals surface area contributed by atoms with Crippen molar-refractivity contribution < 1.29 is 9.59 Å². The van der Waals surface area contributed by atoms with E-state index in [2.05, 4.69) is 28.2 Å². The van der Waals surface area contributed by atoms with Gasteiger partial charge in [-0.15, -0.1) is 11.3 Å². The van der Waals surface area contributed by atoms with E-state index in [0.29, 0.717) is 27.7 Å². The van der Waals surface area contributed by atoms with Crippen molar-refractivity contribution in [2.75, 3.05) is 5.32 Å². The summed E-state index contributed by atoms with van der Waals surface area (Å²) >= 11 is 4.98. The van der Waals surface area contributed by atoms with Crippen molar-refractivity contribution in [1.82, 2.24) is 4.98 Å². The van der Waals surface area contributed by atoms with E-state index in [1.165, 1.54) is 11.3 Å². The zero-order valence-electron chi connectivity index (χ0n) is 18.0. The normalized spacial score (nSPS) is 15.3. The molecule has 1 unspecified atom stereocenters. The molecule has 2 amide bonds. The fourth-order valence-electron chi connectivity index (χ4n) is 4.43. The van der Waals surface area contributed by atoms with Crippen molar-refractivity contribution in [3.8, 4) is 11.3 Å². The number of fused-ring (bicyclic) bond motifs is 2. The van der Waals surface area contributed by atoms with Gasteiger partial charge in [0.15, 0.2) is 0 Å². The fraction of sp³-hybridized carbons (Fsp3) is 0.192. The molecular weight excluding hydrogens is 498 g/mol. The Kier molecular flexibility index (Phi) is 5.76. The Bertz CT molecular complexity index is 1410. The number of nitrogens with zero attached hydrogens (tertiary/aromatic N) is 1. The molecule has 3 N–H and O–H groups in total. The van der Waals surface area contributed by atoms with Gasteiger partial charge in [0.1, 0.15) is 5.00 Å². The molecule has 0 radical (unpaired) electrons. The predicted molar refractivity (Wildman–Crippen MR) is 137 cm³/mol. The average Bonchev–Trinajstić information content (AvgIpc) is 3.15. The lowest BCUT2D eigenvalue weighted by Crippen LogP contribution is -2.19. The number of anilines is 1. The van der Waals surface area contributed by atoms with Crippen LogP contribution in [0.2, 0.25) is 0 Å². The van der Waals surface area contributed by atoms with Crippen molar-refractivity contribution in [3.05, 3.63) is 80.6 Å². The minimum absolute atomic E-state index is 0.279. The first-order valence-electron chi connectivity index (χ1n) is 10.8. The number of primary amides is 1. The van der Waals surface area contributed by atoms with E-state index in [0.717, 1.165) is 50.6 Å². The van der Waals surface area contributed by atoms with Crippen LogP contribution in [0.1, 0.15) is 44.5 Å². The maximum absolute atomic E-state index is 13.5. The molecule has 1 atom stereocenters. The van der Waals surface area contributed by atoms with Crippen LogP contribution in [-0.4, -0.2) is 16.8 Å². The summed E-state index contributed by atoms with van der Waals surface area (Å²) in [7, 11) is 0. The molecule has 5 rings (SSSR count). The Labute approximate surface area is 204 Å². The molecule has 0 saturated heterocycles. The van der Waals surface area contributed by atoms with Gasteiger partial charge in [0, 0.05) is 20.3 Å². The van der Waals surface area contributed by atoms with Gasteiger partial charge in [-0.25, -0.2) is 4.98 Å². The number of halogens is 1. The molecule has 0 bridgehead atoms. The summed E-state index contributed by atoms with van der Waals surface area (Å²) in [5.74, 6) is -0.219. The van der Waals surface area contributed by atoms with Gasteiger partial charge < -0.3 is 11.1 Å². The molecule has 0 aliphatic heterocycles. The molecule has 1 aliphatic carbocycles. The molecule has 0 saturated carbocycles. The Hall–Kier alpha value is -3.03. The molecule has 0 fully saturated rings. The molecule has 2 aromatic carbocycles. The first-order chi connectivity index (χ1) is 15.9. The first-order valence-corrected chi connectivity index (χ1v) is 12.4. The molecule has 1 aliphatic rings. The first kappa shape index (κ1) is 21.8. The number of nitrogens with one attached hydrogen (secondary N) is 1. The molecule has 33 heavy (non-hydrogen) atoms. The summed E-state index contributed by atoms with van der Waals surface area (Å²) in [6, 6.07) is 17.2. The van der Waals surface area contributed by atoms with Crippen LogP contribution in [0.4, 0.5) is 5.00 Å². The summed E-state index contributed by atoms with van der Waals surface area (Å²) in [5, 5.41) is 4.30. The van der Waals surface area contributed by atoms with Gasteiger partial charge in [-0.2, -0.15) is 0 Å². The fourth-order valence-corrected chi connectivity index (χ4v) is 6.24. The van der Waals surface area contributed by atoms with Gasteiger partial charge in [-0.1, -0.05) is 53.2 Å². The number of benzene rings is 2. The number of aromatic nitrogens is 1. The number of carbonyl (C=O) groups excluding carboxylic acids is 2. The van der Waals surface area contributed by atoms with Crippen molar-refractivity contribution in [2.24, 2.45) is 11.7 Å². The van der Waals surface area contributed by atoms with E-state index in [1.54, 1.807) is 6.07 Å². The molecule has 4 aromatic rings. The summed E-state index contributed by atoms with van der Waals surface area (Å²) in [4.78, 5) is 31.8. The highest BCUT2D eigenvalue weighted by Gasteiger charge is 2.28. The van der Waals surface area contributed by atoms with Crippen LogP contribution >= 0.6 is 27.3 Å². The van der Waals surface area contributed by atoms with Gasteiger partial charge in [-0.3, -0.25) is 9.59 Å². The second kappa shape index (κ2) is 8.72. The molecule has 166 valence electrons. The van der Waals surface area contributed by atoms with E-state index < -0.39 is 5.91 Å². The number of amides is 2. The molecule has 5 nitrogen and oxygen atoms in total. The Balaban J connectivity index is 1.59. The molecule has 2 aromatic heterocycles. The minimum atomic E-state index is -0.494. The average molecular weight is 520 g/mol. The largest absolute Gasteiger partial charge is 0.365 e. The standard InChI is InChI=1S/C26H22BrN3O2S/c1-14-9-10-18-22(11-14)33-26(23(18)24(28)31)30-25(32)19-13-21(15-5-4-6-16(27)12-15)29-20-8-3-2-7-17(19)20/h2-8,12-14H,9-11H2,1H3,(H2,28,31)(H,30,32). The lowest BCUT2D eigenvalue weighted by Gasteiger charge is -2.18. The second-order valence-corrected chi connectivity index (χ2v) is 10.5. The third-order valence-electron chi connectivity index (χ3n) is 6.07. The highest BCUT2D eigenvalue weighted by molar-refractivity contribution is 9.10. The predicted octanol–water partition coefficient (Wildman–Crippen LogP) is 6.20. The third kappa shape index (κ3) is 4.18. The quantitative estimate of drug-likeness (QED) is 0.336. The van der Waals surface area contributed by atoms with Crippen LogP contribution in [0.25, 0.3) is 22.2 Å². The lowest BCUT2D eigenvalue weighted by atomic mass is 9.88. The highest BCUT2D eigenvalue weighted by atomic mass is 79.9. The van der Waals surface area contributed by atoms with Crippen molar-refractivity contribution in [2.45, 2.75) is 26.2 Å². The number of hydrogen-bond acceptors (Lipinski definition) is 4. The van der Waals surface area contributed by atoms with Crippen molar-refractivity contribution in [1.29, 1.82) is 0 Å². The number of carbonyl (C=O) groups is 2. The maximum atomic E-state index is 13.5. The zero-order chi connectivity index (χ0) is 23.1. The summed E-state index contributed by atoms with van der Waals surface area (Å²) in [6.45, 7) is 2.21. The Morgan fingerprint density at radius 3 is 2.76 bits per heavy atom. The smallest absolute Gasteiger partial charge is 0.257 e. The van der Waals surface area contributed by atoms with Crippen molar-refractivity contribution in [3.63, 3.8) is 0 Å². The third-order valence-corrected chi connectivity index (χ3v) is 7.73. The van der Waals surface area contributed by atoms with Gasteiger partial charge in [-0.05, 0) is 55.0 Å². The molecule has 7 heteroatoms. The van der Waals surface area contributed by atoms with Gasteiger partial charge >= 0.3 is 0 Å². The zero-order valence-corrected chi connectivity index (χ0v) is 20.4. The monoisotopic (exact) mass is 519 g/mol. The van der Waals surface area contributed by atoms with Crippen molar-refractivity contribution >= 4 is 55.0 Å². The Morgan fingerprint density at radius 2 is 1.97 bits per heavy atom. The van der Waals surface area contributed by atoms with Gasteiger partial charge in [0.25, 0.3) is 11.8 Å². The number of para-hydroxylation sites is 1. The van der Waals surface area contributed by atoms with Crippen LogP contribution in [0.15, 0.2) is 59.1 Å². The summed E-state index contributed by atoms with van der Waals surface area (Å²) in [5.41, 5.74) is 10.0. The highest BCUT2D eigenvalue weighted by Crippen LogP contribution is 2.40. The van der Waals surface area contributed by atoms with Gasteiger partial charge in [0.2, 0.25) is 0 Å². The number of hydrogen-bond donors (Lipinski definition) is 2. The van der Waals surface area contributed by atoms with Gasteiger partial charge in [0.05, 0.1) is 22.3 Å². The maximum Gasteiger partial charge on any atom is 0.257 e. The van der Waals surface area contributed by atoms with E-state index in [9.17, 15) is 9.59 Å². The van der Waals surface area contributed by atoms with Crippen LogP contribution in [0, 0.1) is 5.92 Å². The topological polar surface area (TPSA) is 85.1 Å². The second-order valence-electron chi connectivity index (χ2n) is 8.46. The minimum Gasteiger partial charge on any atom is -0.365 e. The summed E-state index contributed by atoms with van der Waals surface area (Å²) < 4.78 is 0.936. The van der Waals surface area contributed by atoms with Crippen LogP contribution < -0.4 is 11.1 Å². The summed E-state index contributed by atoms with van der Waals surface area (Å²) in [6.07, 6.45) is 2.73. The molecular formula is C26H22BrN3O2S. The number of rotatable bonds is 4. The lowest BCUT2D eigenvalue weighted by molar-refractivity contribution is 0.1000. The van der Waals surface area contributed by atoms with E-state index >= 15 is 0 Å². The SMILES string of the molecule is CC1CCc2c(sc(NC(=O)c3cc(-c4cccc(Br)c4)nc4ccccc34)c2C(N)=O)C1. The number of nitrogens with two attached hydrogens (primary N) is 1. The van der Waals surface area contributed by atoms with Crippen LogP contribution in [0.3, 0.4) is 0 Å². The van der Waals surface area contributed by atoms with E-state index in [4.69, 9.17) is 10.7 Å².